The normalized spacial score (nSPS) is 23.5. The number of primary amides is 1. The van der Waals surface area contributed by atoms with E-state index in [2.05, 4.69) is 5.32 Å². The maximum Gasteiger partial charge on any atom is 0.312 e. The van der Waals surface area contributed by atoms with Crippen molar-refractivity contribution in [1.29, 1.82) is 0 Å². The summed E-state index contributed by atoms with van der Waals surface area (Å²) in [5, 5.41) is 2.55. The number of hydrogen-bond donors (Lipinski definition) is 2. The fourth-order valence-electron chi connectivity index (χ4n) is 1.39. The maximum absolute atomic E-state index is 10.3. The highest BCUT2D eigenvalue weighted by molar-refractivity contribution is 5.71. The van der Waals surface area contributed by atoms with Gasteiger partial charge >= 0.3 is 6.03 Å². The van der Waals surface area contributed by atoms with Crippen LogP contribution in [0.1, 0.15) is 25.7 Å². The minimum atomic E-state index is -0.453. The third-order valence-electron chi connectivity index (χ3n) is 2.04. The van der Waals surface area contributed by atoms with Gasteiger partial charge in [-0.25, -0.2) is 4.79 Å². The van der Waals surface area contributed by atoms with Crippen LogP contribution in [0.5, 0.6) is 0 Å². The van der Waals surface area contributed by atoms with E-state index in [0.29, 0.717) is 12.6 Å². The monoisotopic (exact) mass is 172 g/mol. The number of nitrogens with one attached hydrogen (secondary N) is 1. The summed E-state index contributed by atoms with van der Waals surface area (Å²) in [6, 6.07) is -0.453. The largest absolute Gasteiger partial charge is 0.378 e. The molecule has 1 rings (SSSR count). The molecule has 0 aromatic carbocycles. The molecular weight excluding hydrogens is 156 g/mol. The van der Waals surface area contributed by atoms with Crippen LogP contribution in [0.4, 0.5) is 4.79 Å². The predicted molar refractivity (Wildman–Crippen MR) is 45.8 cm³/mol. The smallest absolute Gasteiger partial charge is 0.312 e. The fourth-order valence-corrected chi connectivity index (χ4v) is 1.39. The summed E-state index contributed by atoms with van der Waals surface area (Å²) in [6.45, 7) is 1.49. The Morgan fingerprint density at radius 2 is 2.42 bits per heavy atom. The highest BCUT2D eigenvalue weighted by atomic mass is 16.5. The van der Waals surface area contributed by atoms with E-state index in [1.807, 2.05) is 0 Å². The van der Waals surface area contributed by atoms with E-state index in [0.717, 1.165) is 19.4 Å². The first-order valence-corrected chi connectivity index (χ1v) is 4.44. The molecule has 0 aromatic heterocycles. The highest BCUT2D eigenvalue weighted by Gasteiger charge is 2.12. The molecule has 0 saturated carbocycles. The molecule has 0 spiro atoms. The molecule has 0 radical (unpaired) electrons. The van der Waals surface area contributed by atoms with E-state index >= 15 is 0 Å². The number of ether oxygens (including phenoxy) is 1. The summed E-state index contributed by atoms with van der Waals surface area (Å²) in [6.07, 6.45) is 4.72. The van der Waals surface area contributed by atoms with Crippen LogP contribution < -0.4 is 11.1 Å². The second-order valence-electron chi connectivity index (χ2n) is 3.07. The lowest BCUT2D eigenvalue weighted by atomic mass is 10.1. The van der Waals surface area contributed by atoms with Crippen molar-refractivity contribution in [3.63, 3.8) is 0 Å². The van der Waals surface area contributed by atoms with Crippen LogP contribution in [0.2, 0.25) is 0 Å². The van der Waals surface area contributed by atoms with Crippen molar-refractivity contribution >= 4 is 6.03 Å². The van der Waals surface area contributed by atoms with Gasteiger partial charge in [0.25, 0.3) is 0 Å². The Bertz CT molecular complexity index is 144. The summed E-state index contributed by atoms with van der Waals surface area (Å²) in [5.74, 6) is 0. The summed E-state index contributed by atoms with van der Waals surface area (Å²) in [4.78, 5) is 10.3. The minimum absolute atomic E-state index is 0.325. The lowest BCUT2D eigenvalue weighted by Crippen LogP contribution is -2.33. The van der Waals surface area contributed by atoms with Crippen LogP contribution in [-0.4, -0.2) is 25.3 Å². The molecule has 1 heterocycles. The summed E-state index contributed by atoms with van der Waals surface area (Å²) < 4.78 is 5.47. The second kappa shape index (κ2) is 4.98. The third-order valence-corrected chi connectivity index (χ3v) is 2.04. The highest BCUT2D eigenvalue weighted by Crippen LogP contribution is 2.14. The summed E-state index contributed by atoms with van der Waals surface area (Å²) >= 11 is 0. The van der Waals surface area contributed by atoms with Crippen molar-refractivity contribution in [2.75, 3.05) is 13.2 Å². The van der Waals surface area contributed by atoms with Gasteiger partial charge < -0.3 is 15.8 Å². The minimum Gasteiger partial charge on any atom is -0.378 e. The molecule has 0 bridgehead atoms. The van der Waals surface area contributed by atoms with E-state index in [-0.39, 0.29) is 0 Å². The van der Waals surface area contributed by atoms with Crippen LogP contribution in [0, 0.1) is 0 Å². The van der Waals surface area contributed by atoms with Gasteiger partial charge in [-0.1, -0.05) is 0 Å². The maximum atomic E-state index is 10.3. The van der Waals surface area contributed by atoms with E-state index < -0.39 is 6.03 Å². The summed E-state index contributed by atoms with van der Waals surface area (Å²) in [5.41, 5.74) is 4.92. The second-order valence-corrected chi connectivity index (χ2v) is 3.07. The Morgan fingerprint density at radius 1 is 1.58 bits per heavy atom. The number of urea groups is 1. The van der Waals surface area contributed by atoms with Crippen molar-refractivity contribution in [2.45, 2.75) is 31.8 Å². The van der Waals surface area contributed by atoms with Gasteiger partial charge in [-0.2, -0.15) is 0 Å². The SMILES string of the molecule is NC(=O)NCCC1CCCCO1. The van der Waals surface area contributed by atoms with E-state index in [1.54, 1.807) is 0 Å². The van der Waals surface area contributed by atoms with E-state index in [4.69, 9.17) is 10.5 Å². The molecule has 1 aliphatic heterocycles. The van der Waals surface area contributed by atoms with Crippen molar-refractivity contribution in [3.8, 4) is 0 Å². The number of amides is 2. The molecule has 70 valence electrons. The molecule has 2 amide bonds. The Labute approximate surface area is 72.5 Å². The molecule has 1 atom stereocenters. The zero-order chi connectivity index (χ0) is 8.81. The van der Waals surface area contributed by atoms with Gasteiger partial charge in [0.1, 0.15) is 0 Å². The molecule has 0 aromatic rings. The lowest BCUT2D eigenvalue weighted by molar-refractivity contribution is 0.0120. The van der Waals surface area contributed by atoms with Crippen LogP contribution in [0.15, 0.2) is 0 Å². The van der Waals surface area contributed by atoms with Gasteiger partial charge in [0, 0.05) is 13.2 Å². The van der Waals surface area contributed by atoms with Gasteiger partial charge in [0.2, 0.25) is 0 Å². The van der Waals surface area contributed by atoms with Crippen LogP contribution in [-0.2, 0) is 4.74 Å². The Morgan fingerprint density at radius 3 is 3.00 bits per heavy atom. The quantitative estimate of drug-likeness (QED) is 0.655. The molecular formula is C8H16N2O2. The zero-order valence-electron chi connectivity index (χ0n) is 7.21. The number of nitrogens with two attached hydrogens (primary N) is 1. The topological polar surface area (TPSA) is 64.4 Å². The van der Waals surface area contributed by atoms with Crippen LogP contribution in [0.25, 0.3) is 0 Å². The number of hydrogen-bond acceptors (Lipinski definition) is 2. The molecule has 1 aliphatic rings. The van der Waals surface area contributed by atoms with Crippen molar-refractivity contribution in [2.24, 2.45) is 5.73 Å². The molecule has 1 saturated heterocycles. The molecule has 0 aliphatic carbocycles. The zero-order valence-corrected chi connectivity index (χ0v) is 7.21. The average molecular weight is 172 g/mol. The standard InChI is InChI=1S/C8H16N2O2/c9-8(11)10-5-4-7-3-1-2-6-12-7/h7H,1-6H2,(H3,9,10,11). The molecule has 4 nitrogen and oxygen atoms in total. The Balaban J connectivity index is 2.01. The predicted octanol–water partition coefficient (Wildman–Crippen LogP) is 0.614. The van der Waals surface area contributed by atoms with Gasteiger partial charge in [0.05, 0.1) is 6.10 Å². The fraction of sp³-hybridized carbons (Fsp3) is 0.875. The molecule has 1 fully saturated rings. The van der Waals surface area contributed by atoms with Crippen molar-refractivity contribution in [1.82, 2.24) is 5.32 Å². The first kappa shape index (κ1) is 9.32. The molecule has 1 unspecified atom stereocenters. The molecule has 12 heavy (non-hydrogen) atoms. The van der Waals surface area contributed by atoms with Gasteiger partial charge in [-0.15, -0.1) is 0 Å². The lowest BCUT2D eigenvalue weighted by Gasteiger charge is -2.22. The average Bonchev–Trinajstić information content (AvgIpc) is 2.05. The Hall–Kier alpha value is -0.770. The van der Waals surface area contributed by atoms with Gasteiger partial charge in [-0.3, -0.25) is 0 Å². The number of carbonyl (C=O) groups excluding carboxylic acids is 1. The molecule has 4 heteroatoms. The van der Waals surface area contributed by atoms with Crippen LogP contribution in [0.3, 0.4) is 0 Å². The summed E-state index contributed by atoms with van der Waals surface area (Å²) in [7, 11) is 0. The van der Waals surface area contributed by atoms with Crippen molar-refractivity contribution in [3.05, 3.63) is 0 Å². The first-order chi connectivity index (χ1) is 5.79. The van der Waals surface area contributed by atoms with Gasteiger partial charge in [-0.05, 0) is 25.7 Å². The van der Waals surface area contributed by atoms with Gasteiger partial charge in [0.15, 0.2) is 0 Å². The Kier molecular flexibility index (Phi) is 3.87. The number of rotatable bonds is 3. The molecule has 3 N–H and O–H groups in total. The van der Waals surface area contributed by atoms with E-state index in [9.17, 15) is 4.79 Å². The van der Waals surface area contributed by atoms with E-state index in [1.165, 1.54) is 12.8 Å². The first-order valence-electron chi connectivity index (χ1n) is 4.44. The number of carbonyl (C=O) groups is 1. The third kappa shape index (κ3) is 3.57. The van der Waals surface area contributed by atoms with Crippen LogP contribution >= 0.6 is 0 Å². The van der Waals surface area contributed by atoms with Crippen molar-refractivity contribution < 1.29 is 9.53 Å².